The number of carbonyl (C=O) groups excluding carboxylic acids is 2. The van der Waals surface area contributed by atoms with Gasteiger partial charge < -0.3 is 19.7 Å². The zero-order valence-electron chi connectivity index (χ0n) is 19.0. The van der Waals surface area contributed by atoms with Crippen LogP contribution in [-0.2, 0) is 20.4 Å². The van der Waals surface area contributed by atoms with Gasteiger partial charge in [-0.05, 0) is 50.2 Å². The largest absolute Gasteiger partial charge is 0.460 e. The number of carbonyl (C=O) groups is 2. The summed E-state index contributed by atoms with van der Waals surface area (Å²) in [6.07, 6.45) is -1.83. The van der Waals surface area contributed by atoms with E-state index in [1.54, 1.807) is 24.3 Å². The van der Waals surface area contributed by atoms with Crippen molar-refractivity contribution in [3.8, 4) is 0 Å². The summed E-state index contributed by atoms with van der Waals surface area (Å²) in [5.74, 6) is -1.34. The van der Waals surface area contributed by atoms with E-state index in [9.17, 15) is 22.8 Å². The highest BCUT2D eigenvalue weighted by Crippen LogP contribution is 2.33. The number of nitrogens with zero attached hydrogens (tertiary/aromatic N) is 2. The predicted octanol–water partition coefficient (Wildman–Crippen LogP) is 4.79. The van der Waals surface area contributed by atoms with Gasteiger partial charge >= 0.3 is 18.1 Å². The van der Waals surface area contributed by atoms with Crippen LogP contribution >= 0.6 is 0 Å². The van der Waals surface area contributed by atoms with Gasteiger partial charge in [0.2, 0.25) is 0 Å². The Morgan fingerprint density at radius 3 is 2.57 bits per heavy atom. The molecule has 0 aliphatic carbocycles. The van der Waals surface area contributed by atoms with E-state index in [2.05, 4.69) is 15.2 Å². The Balaban J connectivity index is 1.45. The monoisotopic (exact) mass is 487 g/mol. The zero-order valence-corrected chi connectivity index (χ0v) is 19.0. The molecule has 4 rings (SSSR count). The molecule has 1 fully saturated rings. The maximum absolute atomic E-state index is 13.1. The topological polar surface area (TPSA) is 80.8 Å². The molecule has 7 nitrogen and oxygen atoms in total. The third-order valence-electron chi connectivity index (χ3n) is 5.77. The van der Waals surface area contributed by atoms with Crippen LogP contribution < -0.4 is 5.32 Å². The minimum atomic E-state index is -4.48. The lowest BCUT2D eigenvalue weighted by Gasteiger charge is -2.28. The second kappa shape index (κ2) is 10.3. The highest BCUT2D eigenvalue weighted by Gasteiger charge is 2.30. The smallest absolute Gasteiger partial charge is 0.416 e. The number of piperidine rings is 1. The Morgan fingerprint density at radius 1 is 1.09 bits per heavy atom. The van der Waals surface area contributed by atoms with Crippen molar-refractivity contribution in [2.45, 2.75) is 25.1 Å². The molecule has 0 amide bonds. The van der Waals surface area contributed by atoms with Crippen LogP contribution in [0, 0.1) is 0 Å². The van der Waals surface area contributed by atoms with Crippen molar-refractivity contribution in [1.29, 1.82) is 0 Å². The molecular weight excluding hydrogens is 463 g/mol. The first-order valence-corrected chi connectivity index (χ1v) is 11.1. The van der Waals surface area contributed by atoms with Gasteiger partial charge in [0.15, 0.2) is 6.61 Å². The number of aromatic nitrogens is 1. The number of hydrogen-bond acceptors (Lipinski definition) is 7. The minimum absolute atomic E-state index is 0.154. The van der Waals surface area contributed by atoms with Gasteiger partial charge in [0, 0.05) is 30.4 Å². The molecule has 0 saturated carbocycles. The van der Waals surface area contributed by atoms with Crippen LogP contribution in [0.4, 0.5) is 24.5 Å². The van der Waals surface area contributed by atoms with E-state index in [-0.39, 0.29) is 17.2 Å². The highest BCUT2D eigenvalue weighted by atomic mass is 19.4. The average Bonchev–Trinajstić information content (AvgIpc) is 2.83. The number of fused-ring (bicyclic) bond motifs is 1. The second-order valence-electron chi connectivity index (χ2n) is 8.33. The van der Waals surface area contributed by atoms with Crippen molar-refractivity contribution in [3.63, 3.8) is 0 Å². The molecule has 184 valence electrons. The number of para-hydroxylation sites is 1. The van der Waals surface area contributed by atoms with E-state index in [1.165, 1.54) is 18.3 Å². The van der Waals surface area contributed by atoms with Crippen LogP contribution in [0.25, 0.3) is 10.9 Å². The van der Waals surface area contributed by atoms with Crippen molar-refractivity contribution in [3.05, 3.63) is 65.9 Å². The first kappa shape index (κ1) is 24.5. The Kier molecular flexibility index (Phi) is 7.20. The van der Waals surface area contributed by atoms with Crippen molar-refractivity contribution >= 4 is 34.2 Å². The van der Waals surface area contributed by atoms with Crippen LogP contribution in [0.2, 0.25) is 0 Å². The minimum Gasteiger partial charge on any atom is -0.460 e. The Labute approximate surface area is 199 Å². The third kappa shape index (κ3) is 6.07. The van der Waals surface area contributed by atoms with Crippen molar-refractivity contribution in [2.24, 2.45) is 0 Å². The number of nitrogens with one attached hydrogen (secondary N) is 1. The summed E-state index contributed by atoms with van der Waals surface area (Å²) < 4.78 is 49.7. The zero-order chi connectivity index (χ0) is 25.0. The molecule has 0 unspecified atom stereocenters. The Bertz CT molecular complexity index is 1220. The van der Waals surface area contributed by atoms with Crippen LogP contribution in [0.3, 0.4) is 0 Å². The fraction of sp³-hybridized carbons (Fsp3) is 0.320. The normalized spacial score (nSPS) is 15.1. The maximum atomic E-state index is 13.1. The summed E-state index contributed by atoms with van der Waals surface area (Å²) in [6, 6.07) is 11.4. The third-order valence-corrected chi connectivity index (χ3v) is 5.77. The van der Waals surface area contributed by atoms with Crippen LogP contribution in [0.5, 0.6) is 0 Å². The molecular formula is C25H24F3N3O4. The van der Waals surface area contributed by atoms with Gasteiger partial charge in [-0.15, -0.1) is 0 Å². The molecule has 0 atom stereocenters. The summed E-state index contributed by atoms with van der Waals surface area (Å²) in [6.45, 7) is 1.15. The summed E-state index contributed by atoms with van der Waals surface area (Å²) in [4.78, 5) is 31.0. The summed E-state index contributed by atoms with van der Waals surface area (Å²) in [5, 5.41) is 3.52. The molecule has 3 aromatic rings. The maximum Gasteiger partial charge on any atom is 0.416 e. The number of benzene rings is 2. The van der Waals surface area contributed by atoms with Gasteiger partial charge in [-0.3, -0.25) is 4.98 Å². The van der Waals surface area contributed by atoms with E-state index >= 15 is 0 Å². The number of hydrogen-bond donors (Lipinski definition) is 1. The first-order chi connectivity index (χ1) is 16.7. The molecule has 0 spiro atoms. The quantitative estimate of drug-likeness (QED) is 0.501. The molecule has 1 aliphatic rings. The van der Waals surface area contributed by atoms with Crippen molar-refractivity contribution < 1.29 is 32.2 Å². The van der Waals surface area contributed by atoms with Crippen molar-refractivity contribution in [1.82, 2.24) is 9.88 Å². The van der Waals surface area contributed by atoms with E-state index in [0.717, 1.165) is 38.1 Å². The lowest BCUT2D eigenvalue weighted by Crippen LogP contribution is -2.36. The predicted molar refractivity (Wildman–Crippen MR) is 123 cm³/mol. The van der Waals surface area contributed by atoms with Gasteiger partial charge in [0.05, 0.1) is 22.3 Å². The highest BCUT2D eigenvalue weighted by molar-refractivity contribution is 6.00. The van der Waals surface area contributed by atoms with Gasteiger partial charge in [0.1, 0.15) is 6.10 Å². The number of halogens is 3. The van der Waals surface area contributed by atoms with Gasteiger partial charge in [-0.1, -0.05) is 18.2 Å². The molecule has 2 heterocycles. The molecule has 0 bridgehead atoms. The number of esters is 2. The number of pyridine rings is 1. The van der Waals surface area contributed by atoms with Crippen LogP contribution in [0.1, 0.15) is 28.8 Å². The fourth-order valence-electron chi connectivity index (χ4n) is 3.87. The average molecular weight is 487 g/mol. The summed E-state index contributed by atoms with van der Waals surface area (Å²) >= 11 is 0. The molecule has 1 aromatic heterocycles. The molecule has 2 aromatic carbocycles. The van der Waals surface area contributed by atoms with Crippen LogP contribution in [0.15, 0.2) is 54.7 Å². The number of likely N-dealkylation sites (tertiary alicyclic amines) is 1. The SMILES string of the molecule is CN1CCC(OC(=O)COC(=O)c2ccccc2Nc2ccnc3cc(C(F)(F)F)ccc23)CC1. The molecule has 35 heavy (non-hydrogen) atoms. The van der Waals surface area contributed by atoms with Crippen molar-refractivity contribution in [2.75, 3.05) is 32.1 Å². The Morgan fingerprint density at radius 2 is 1.83 bits per heavy atom. The number of ether oxygens (including phenoxy) is 2. The van der Waals surface area contributed by atoms with E-state index in [4.69, 9.17) is 9.47 Å². The van der Waals surface area contributed by atoms with E-state index in [0.29, 0.717) is 16.8 Å². The Hall–Kier alpha value is -3.66. The van der Waals surface area contributed by atoms with Gasteiger partial charge in [-0.2, -0.15) is 13.2 Å². The van der Waals surface area contributed by atoms with E-state index < -0.39 is 30.3 Å². The van der Waals surface area contributed by atoms with Gasteiger partial charge in [-0.25, -0.2) is 9.59 Å². The van der Waals surface area contributed by atoms with E-state index in [1.807, 2.05) is 7.05 Å². The lowest BCUT2D eigenvalue weighted by molar-refractivity contribution is -0.154. The van der Waals surface area contributed by atoms with Gasteiger partial charge in [0.25, 0.3) is 0 Å². The summed E-state index contributed by atoms with van der Waals surface area (Å²) in [7, 11) is 2.00. The molecule has 1 aliphatic heterocycles. The molecule has 0 radical (unpaired) electrons. The first-order valence-electron chi connectivity index (χ1n) is 11.1. The molecule has 10 heteroatoms. The fourth-order valence-corrected chi connectivity index (χ4v) is 3.87. The number of alkyl halides is 3. The number of rotatable bonds is 6. The molecule has 1 N–H and O–H groups in total. The number of anilines is 2. The summed E-state index contributed by atoms with van der Waals surface area (Å²) in [5.41, 5.74) is 0.350. The second-order valence-corrected chi connectivity index (χ2v) is 8.33. The van der Waals surface area contributed by atoms with Crippen LogP contribution in [-0.4, -0.2) is 54.7 Å². The standard InChI is InChI=1S/C25H24F3N3O4/c1-31-12-9-17(10-13-31)35-23(32)15-34-24(33)19-4-2-3-5-20(19)30-21-8-11-29-22-14-16(25(26,27)28)6-7-18(21)22/h2-8,11,14,17H,9-10,12-13,15H2,1H3,(H,29,30). The molecule has 1 saturated heterocycles. The lowest BCUT2D eigenvalue weighted by atomic mass is 10.1.